The van der Waals surface area contributed by atoms with Crippen molar-refractivity contribution in [2.24, 2.45) is 0 Å². The number of amides is 2. The molecule has 0 bridgehead atoms. The first-order valence-electron chi connectivity index (χ1n) is 10.4. The van der Waals surface area contributed by atoms with Gasteiger partial charge < -0.3 is 19.9 Å². The van der Waals surface area contributed by atoms with Crippen LogP contribution in [-0.2, 0) is 9.53 Å². The lowest BCUT2D eigenvalue weighted by Gasteiger charge is -2.24. The Balaban J connectivity index is 1.76. The number of quaternary nitrogens is 1. The van der Waals surface area contributed by atoms with Crippen LogP contribution in [0.2, 0.25) is 0 Å². The van der Waals surface area contributed by atoms with E-state index in [0.29, 0.717) is 31.7 Å². The molecule has 1 saturated heterocycles. The summed E-state index contributed by atoms with van der Waals surface area (Å²) in [5, 5.41) is 2.97. The number of hydrogen-bond donors (Lipinski definition) is 2. The van der Waals surface area contributed by atoms with Crippen molar-refractivity contribution in [1.29, 1.82) is 0 Å². The average Bonchev–Trinajstić information content (AvgIpc) is 2.74. The van der Waals surface area contributed by atoms with Crippen molar-refractivity contribution in [1.82, 2.24) is 20.2 Å². The molecule has 8 nitrogen and oxygen atoms in total. The number of nitrogens with zero attached hydrogens (tertiary/aromatic N) is 3. The van der Waals surface area contributed by atoms with E-state index in [9.17, 15) is 9.59 Å². The second kappa shape index (κ2) is 13.2. The molecule has 0 unspecified atom stereocenters. The van der Waals surface area contributed by atoms with Crippen LogP contribution in [0.5, 0.6) is 0 Å². The molecule has 1 aromatic rings. The Kier molecular flexibility index (Phi) is 10.5. The van der Waals surface area contributed by atoms with Crippen LogP contribution in [0.1, 0.15) is 49.5 Å². The minimum Gasteiger partial charge on any atom is -0.370 e. The van der Waals surface area contributed by atoms with Crippen LogP contribution in [0.15, 0.2) is 18.6 Å². The highest BCUT2D eigenvalue weighted by Crippen LogP contribution is 2.06. The number of ether oxygens (including phenoxy) is 1. The summed E-state index contributed by atoms with van der Waals surface area (Å²) in [6, 6.07) is 0. The molecule has 1 aliphatic rings. The van der Waals surface area contributed by atoms with Crippen LogP contribution in [-0.4, -0.2) is 79.2 Å². The molecular weight excluding hydrogens is 358 g/mol. The summed E-state index contributed by atoms with van der Waals surface area (Å²) in [7, 11) is 0. The first-order valence-corrected chi connectivity index (χ1v) is 10.4. The lowest BCUT2D eigenvalue weighted by atomic mass is 10.2. The minimum atomic E-state index is -0.157. The molecule has 1 fully saturated rings. The monoisotopic (exact) mass is 392 g/mol. The van der Waals surface area contributed by atoms with Gasteiger partial charge in [0.1, 0.15) is 18.8 Å². The fourth-order valence-electron chi connectivity index (χ4n) is 3.23. The number of unbranched alkanes of at least 4 members (excludes halogenated alkanes) is 3. The summed E-state index contributed by atoms with van der Waals surface area (Å²) in [5.74, 6) is -0.173. The quantitative estimate of drug-likeness (QED) is 0.486. The van der Waals surface area contributed by atoms with Crippen molar-refractivity contribution in [3.63, 3.8) is 0 Å². The Hall–Kier alpha value is -2.06. The van der Waals surface area contributed by atoms with Crippen LogP contribution in [0.25, 0.3) is 0 Å². The van der Waals surface area contributed by atoms with Crippen LogP contribution in [0.4, 0.5) is 0 Å². The highest BCUT2D eigenvalue weighted by molar-refractivity contribution is 5.92. The van der Waals surface area contributed by atoms with Crippen molar-refractivity contribution in [2.45, 2.75) is 39.0 Å². The first-order chi connectivity index (χ1) is 13.7. The highest BCUT2D eigenvalue weighted by atomic mass is 16.5. The summed E-state index contributed by atoms with van der Waals surface area (Å²) in [6.45, 7) is 8.34. The summed E-state index contributed by atoms with van der Waals surface area (Å²) in [6.07, 6.45) is 9.15. The molecule has 2 heterocycles. The van der Waals surface area contributed by atoms with Gasteiger partial charge in [-0.05, 0) is 6.42 Å². The second-order valence-corrected chi connectivity index (χ2v) is 7.16. The lowest BCUT2D eigenvalue weighted by Crippen LogP contribution is -3.14. The Morgan fingerprint density at radius 3 is 2.71 bits per heavy atom. The maximum Gasteiger partial charge on any atom is 0.274 e. The molecule has 1 aromatic heterocycles. The SMILES string of the molecule is CCCCCCN(CCC(=O)NCC[NH+]1CCOCC1)C(=O)c1cnccn1. The van der Waals surface area contributed by atoms with Crippen LogP contribution in [0, 0.1) is 0 Å². The zero-order chi connectivity index (χ0) is 20.0. The molecule has 2 rings (SSSR count). The van der Waals surface area contributed by atoms with Crippen molar-refractivity contribution in [3.05, 3.63) is 24.3 Å². The standard InChI is InChI=1S/C20H33N5O3/c1-2-3-4-5-10-25(20(27)18-17-21-7-8-22-18)11-6-19(26)23-9-12-24-13-15-28-16-14-24/h7-8,17H,2-6,9-16H2,1H3,(H,23,26)/p+1. The number of nitrogens with one attached hydrogen (secondary N) is 2. The third-order valence-corrected chi connectivity index (χ3v) is 4.96. The van der Waals surface area contributed by atoms with E-state index in [-0.39, 0.29) is 11.8 Å². The van der Waals surface area contributed by atoms with Gasteiger partial charge in [0.15, 0.2) is 0 Å². The number of carbonyl (C=O) groups excluding carboxylic acids is 2. The molecule has 0 spiro atoms. The van der Waals surface area contributed by atoms with E-state index in [4.69, 9.17) is 4.74 Å². The van der Waals surface area contributed by atoms with Gasteiger partial charge in [-0.1, -0.05) is 26.2 Å². The zero-order valence-corrected chi connectivity index (χ0v) is 17.0. The van der Waals surface area contributed by atoms with E-state index in [2.05, 4.69) is 22.2 Å². The second-order valence-electron chi connectivity index (χ2n) is 7.16. The summed E-state index contributed by atoms with van der Waals surface area (Å²) in [5.41, 5.74) is 0.328. The minimum absolute atomic E-state index is 0.0156. The van der Waals surface area contributed by atoms with Gasteiger partial charge in [-0.15, -0.1) is 0 Å². The Bertz CT molecular complexity index is 578. The third-order valence-electron chi connectivity index (χ3n) is 4.96. The van der Waals surface area contributed by atoms with Crippen molar-refractivity contribution in [2.75, 3.05) is 52.5 Å². The molecular formula is C20H34N5O3+. The van der Waals surface area contributed by atoms with Gasteiger partial charge in [0, 0.05) is 31.9 Å². The van der Waals surface area contributed by atoms with Crippen LogP contribution in [0.3, 0.4) is 0 Å². The molecule has 2 amide bonds. The van der Waals surface area contributed by atoms with Gasteiger partial charge in [-0.25, -0.2) is 4.98 Å². The smallest absolute Gasteiger partial charge is 0.274 e. The topological polar surface area (TPSA) is 88.9 Å². The van der Waals surface area contributed by atoms with Crippen molar-refractivity contribution in [3.8, 4) is 0 Å². The van der Waals surface area contributed by atoms with Gasteiger partial charge in [0.25, 0.3) is 5.91 Å². The van der Waals surface area contributed by atoms with Gasteiger partial charge in [-0.2, -0.15) is 0 Å². The van der Waals surface area contributed by atoms with Crippen LogP contribution >= 0.6 is 0 Å². The number of hydrogen-bond acceptors (Lipinski definition) is 5. The summed E-state index contributed by atoms with van der Waals surface area (Å²) >= 11 is 0. The maximum absolute atomic E-state index is 12.7. The van der Waals surface area contributed by atoms with E-state index in [1.807, 2.05) is 0 Å². The number of carbonyl (C=O) groups is 2. The van der Waals surface area contributed by atoms with Gasteiger partial charge in [0.2, 0.25) is 5.91 Å². The van der Waals surface area contributed by atoms with Gasteiger partial charge in [-0.3, -0.25) is 14.6 Å². The predicted molar refractivity (Wildman–Crippen MR) is 106 cm³/mol. The lowest BCUT2D eigenvalue weighted by molar-refractivity contribution is -0.906. The van der Waals surface area contributed by atoms with E-state index in [1.54, 1.807) is 11.1 Å². The van der Waals surface area contributed by atoms with Gasteiger partial charge in [0.05, 0.1) is 32.5 Å². The van der Waals surface area contributed by atoms with E-state index in [0.717, 1.165) is 58.5 Å². The molecule has 2 N–H and O–H groups in total. The van der Waals surface area contributed by atoms with Gasteiger partial charge >= 0.3 is 0 Å². The molecule has 1 aliphatic heterocycles. The maximum atomic E-state index is 12.7. The number of aromatic nitrogens is 2. The largest absolute Gasteiger partial charge is 0.370 e. The molecule has 156 valence electrons. The molecule has 0 radical (unpaired) electrons. The molecule has 0 aromatic carbocycles. The molecule has 0 aliphatic carbocycles. The van der Waals surface area contributed by atoms with E-state index in [1.165, 1.54) is 17.3 Å². The Labute approximate surface area is 167 Å². The van der Waals surface area contributed by atoms with Crippen molar-refractivity contribution >= 4 is 11.8 Å². The number of rotatable bonds is 12. The molecule has 8 heteroatoms. The summed E-state index contributed by atoms with van der Waals surface area (Å²) < 4.78 is 5.34. The summed E-state index contributed by atoms with van der Waals surface area (Å²) in [4.78, 5) is 36.2. The number of morpholine rings is 1. The Morgan fingerprint density at radius 2 is 2.00 bits per heavy atom. The van der Waals surface area contributed by atoms with Crippen LogP contribution < -0.4 is 10.2 Å². The fourth-order valence-corrected chi connectivity index (χ4v) is 3.23. The fraction of sp³-hybridized carbons (Fsp3) is 0.700. The van der Waals surface area contributed by atoms with E-state index >= 15 is 0 Å². The third kappa shape index (κ3) is 8.31. The first kappa shape index (κ1) is 22.2. The van der Waals surface area contributed by atoms with Crippen molar-refractivity contribution < 1.29 is 19.2 Å². The normalized spacial score (nSPS) is 14.6. The molecule has 0 atom stereocenters. The van der Waals surface area contributed by atoms with E-state index < -0.39 is 0 Å². The average molecular weight is 393 g/mol. The predicted octanol–water partition coefficient (Wildman–Crippen LogP) is -0.0795. The Morgan fingerprint density at radius 1 is 1.18 bits per heavy atom. The molecule has 28 heavy (non-hydrogen) atoms. The zero-order valence-electron chi connectivity index (χ0n) is 17.0. The molecule has 0 saturated carbocycles. The highest BCUT2D eigenvalue weighted by Gasteiger charge is 2.18.